The zero-order chi connectivity index (χ0) is 17.9. The number of carbonyl (C=O) groups excluding carboxylic acids is 1. The van der Waals surface area contributed by atoms with Gasteiger partial charge in [-0.25, -0.2) is 0 Å². The first kappa shape index (κ1) is 15.7. The van der Waals surface area contributed by atoms with Crippen LogP contribution in [0, 0.1) is 0 Å². The van der Waals surface area contributed by atoms with Crippen LogP contribution >= 0.6 is 11.6 Å². The van der Waals surface area contributed by atoms with Crippen LogP contribution in [0.4, 0.5) is 5.69 Å². The maximum absolute atomic E-state index is 13.6. The van der Waals surface area contributed by atoms with Crippen LogP contribution in [0.15, 0.2) is 55.1 Å². The molecule has 5 rings (SSSR count). The molecule has 1 amide bonds. The number of amides is 1. The molecular weight excluding hydrogens is 346 g/mol. The van der Waals surface area contributed by atoms with E-state index in [4.69, 9.17) is 11.6 Å². The molecule has 3 aromatic rings. The summed E-state index contributed by atoms with van der Waals surface area (Å²) in [5.74, 6) is 0.0391. The van der Waals surface area contributed by atoms with E-state index in [0.717, 1.165) is 40.8 Å². The molecule has 1 atom stereocenters. The van der Waals surface area contributed by atoms with Crippen LogP contribution in [-0.4, -0.2) is 24.0 Å². The molecular formula is C21H18ClN3O. The second-order valence-corrected chi connectivity index (χ2v) is 7.25. The molecule has 2 N–H and O–H groups in total. The summed E-state index contributed by atoms with van der Waals surface area (Å²) in [5.41, 5.74) is 4.17. The molecule has 5 heteroatoms. The van der Waals surface area contributed by atoms with Gasteiger partial charge in [-0.2, -0.15) is 0 Å². The number of aromatic amines is 1. The van der Waals surface area contributed by atoms with Crippen LogP contribution in [0.3, 0.4) is 0 Å². The molecule has 0 saturated heterocycles. The van der Waals surface area contributed by atoms with Gasteiger partial charge in [0.1, 0.15) is 0 Å². The molecule has 26 heavy (non-hydrogen) atoms. The number of nitrogens with zero attached hydrogens (tertiary/aromatic N) is 1. The van der Waals surface area contributed by atoms with E-state index in [1.165, 1.54) is 5.56 Å². The highest BCUT2D eigenvalue weighted by Gasteiger charge is 2.54. The molecule has 130 valence electrons. The third kappa shape index (κ3) is 1.86. The van der Waals surface area contributed by atoms with Crippen LogP contribution in [-0.2, 0) is 16.8 Å². The van der Waals surface area contributed by atoms with E-state index >= 15 is 0 Å². The summed E-state index contributed by atoms with van der Waals surface area (Å²) in [4.78, 5) is 18.9. The van der Waals surface area contributed by atoms with Gasteiger partial charge in [-0.05, 0) is 36.2 Å². The van der Waals surface area contributed by atoms with Crippen molar-refractivity contribution in [1.29, 1.82) is 0 Å². The molecule has 1 unspecified atom stereocenters. The number of nitrogens with one attached hydrogen (secondary N) is 2. The fourth-order valence-electron chi connectivity index (χ4n) is 4.44. The van der Waals surface area contributed by atoms with Crippen LogP contribution < -0.4 is 10.2 Å². The van der Waals surface area contributed by atoms with Crippen molar-refractivity contribution in [1.82, 2.24) is 10.3 Å². The molecule has 0 fully saturated rings. The lowest BCUT2D eigenvalue weighted by molar-refractivity contribution is -0.123. The fourth-order valence-corrected chi connectivity index (χ4v) is 4.61. The van der Waals surface area contributed by atoms with Gasteiger partial charge in [0.25, 0.3) is 5.91 Å². The maximum atomic E-state index is 13.6. The summed E-state index contributed by atoms with van der Waals surface area (Å²) >= 11 is 6.23. The Labute approximate surface area is 156 Å². The van der Waals surface area contributed by atoms with E-state index < -0.39 is 5.54 Å². The number of para-hydroxylation sites is 1. The van der Waals surface area contributed by atoms with Gasteiger partial charge in [-0.15, -0.1) is 6.58 Å². The summed E-state index contributed by atoms with van der Waals surface area (Å²) in [6.07, 6.45) is 2.62. The Balaban J connectivity index is 1.82. The third-order valence-corrected chi connectivity index (χ3v) is 5.72. The average Bonchev–Trinajstić information content (AvgIpc) is 3.13. The minimum absolute atomic E-state index is 0.0391. The maximum Gasteiger partial charge on any atom is 0.258 e. The van der Waals surface area contributed by atoms with E-state index in [1.807, 2.05) is 47.4 Å². The second-order valence-electron chi connectivity index (χ2n) is 6.82. The van der Waals surface area contributed by atoms with Crippen molar-refractivity contribution in [2.24, 2.45) is 0 Å². The molecule has 1 aromatic heterocycles. The first-order chi connectivity index (χ1) is 12.7. The molecule has 0 saturated carbocycles. The van der Waals surface area contributed by atoms with Gasteiger partial charge in [0, 0.05) is 34.6 Å². The Kier molecular flexibility index (Phi) is 3.30. The predicted octanol–water partition coefficient (Wildman–Crippen LogP) is 3.74. The van der Waals surface area contributed by atoms with E-state index in [-0.39, 0.29) is 5.91 Å². The lowest BCUT2D eigenvalue weighted by Crippen LogP contribution is -2.55. The largest absolute Gasteiger partial charge is 0.356 e. The topological polar surface area (TPSA) is 48.1 Å². The SMILES string of the molecule is C=CCN1C(=O)C2(NCCc3c2[nH]c2ccc(Cl)cc32)c2ccccc21. The summed E-state index contributed by atoms with van der Waals surface area (Å²) in [7, 11) is 0. The highest BCUT2D eigenvalue weighted by Crippen LogP contribution is 2.47. The van der Waals surface area contributed by atoms with Crippen molar-refractivity contribution in [3.8, 4) is 0 Å². The highest BCUT2D eigenvalue weighted by atomic mass is 35.5. The number of H-pyrrole nitrogens is 1. The van der Waals surface area contributed by atoms with Crippen LogP contribution in [0.5, 0.6) is 0 Å². The number of fused-ring (bicyclic) bond motifs is 6. The summed E-state index contributed by atoms with van der Waals surface area (Å²) < 4.78 is 0. The number of halogens is 1. The predicted molar refractivity (Wildman–Crippen MR) is 105 cm³/mol. The van der Waals surface area contributed by atoms with Crippen molar-refractivity contribution in [2.45, 2.75) is 12.0 Å². The van der Waals surface area contributed by atoms with Crippen molar-refractivity contribution in [3.63, 3.8) is 0 Å². The number of benzene rings is 2. The highest BCUT2D eigenvalue weighted by molar-refractivity contribution is 6.31. The molecule has 2 aromatic carbocycles. The summed E-state index contributed by atoms with van der Waals surface area (Å²) in [5, 5.41) is 5.34. The number of carbonyl (C=O) groups is 1. The van der Waals surface area contributed by atoms with Crippen molar-refractivity contribution >= 4 is 34.1 Å². The van der Waals surface area contributed by atoms with Gasteiger partial charge >= 0.3 is 0 Å². The van der Waals surface area contributed by atoms with E-state index in [0.29, 0.717) is 11.6 Å². The van der Waals surface area contributed by atoms with Crippen molar-refractivity contribution < 1.29 is 4.79 Å². The van der Waals surface area contributed by atoms with Crippen LogP contribution in [0.1, 0.15) is 16.8 Å². The number of anilines is 1. The lowest BCUT2D eigenvalue weighted by atomic mass is 9.82. The Bertz CT molecular complexity index is 1070. The summed E-state index contributed by atoms with van der Waals surface area (Å²) in [6.45, 7) is 5.03. The van der Waals surface area contributed by atoms with E-state index in [1.54, 1.807) is 6.08 Å². The molecule has 4 nitrogen and oxygen atoms in total. The zero-order valence-corrected chi connectivity index (χ0v) is 14.9. The Morgan fingerprint density at radius 3 is 2.96 bits per heavy atom. The summed E-state index contributed by atoms with van der Waals surface area (Å²) in [6, 6.07) is 13.8. The van der Waals surface area contributed by atoms with Crippen LogP contribution in [0.25, 0.3) is 10.9 Å². The first-order valence-electron chi connectivity index (χ1n) is 8.75. The van der Waals surface area contributed by atoms with Crippen molar-refractivity contribution in [3.05, 3.63) is 77.0 Å². The average molecular weight is 364 g/mol. The number of aromatic nitrogens is 1. The van der Waals surface area contributed by atoms with Gasteiger partial charge in [-0.1, -0.05) is 35.9 Å². The third-order valence-electron chi connectivity index (χ3n) is 5.48. The molecule has 2 aliphatic rings. The minimum atomic E-state index is -0.876. The number of hydrogen-bond donors (Lipinski definition) is 2. The fraction of sp³-hybridized carbons (Fsp3) is 0.190. The lowest BCUT2D eigenvalue weighted by Gasteiger charge is -2.34. The monoisotopic (exact) mass is 363 g/mol. The standard InChI is InChI=1S/C21H18ClN3O/c1-2-11-25-18-6-4-3-5-16(18)21(20(25)26)19-14(9-10-23-21)15-12-13(22)7-8-17(15)24-19/h2-8,12,23-24H,1,9-11H2. The Morgan fingerprint density at radius 2 is 2.12 bits per heavy atom. The number of hydrogen-bond acceptors (Lipinski definition) is 2. The van der Waals surface area contributed by atoms with Crippen LogP contribution in [0.2, 0.25) is 5.02 Å². The molecule has 0 bridgehead atoms. The normalized spacial score (nSPS) is 21.3. The van der Waals surface area contributed by atoms with Gasteiger partial charge in [0.15, 0.2) is 5.54 Å². The Hall–Kier alpha value is -2.56. The molecule has 1 spiro atoms. The minimum Gasteiger partial charge on any atom is -0.356 e. The van der Waals surface area contributed by atoms with E-state index in [9.17, 15) is 4.79 Å². The van der Waals surface area contributed by atoms with Gasteiger partial charge in [0.05, 0.1) is 11.4 Å². The first-order valence-corrected chi connectivity index (χ1v) is 9.12. The van der Waals surface area contributed by atoms with Gasteiger partial charge < -0.3 is 9.88 Å². The zero-order valence-electron chi connectivity index (χ0n) is 14.2. The molecule has 3 heterocycles. The number of rotatable bonds is 2. The second kappa shape index (κ2) is 5.47. The smallest absolute Gasteiger partial charge is 0.258 e. The molecule has 0 aliphatic carbocycles. The van der Waals surface area contributed by atoms with Gasteiger partial charge in [0.2, 0.25) is 0 Å². The molecule has 2 aliphatic heterocycles. The van der Waals surface area contributed by atoms with Gasteiger partial charge in [-0.3, -0.25) is 10.1 Å². The van der Waals surface area contributed by atoms with Crippen molar-refractivity contribution in [2.75, 3.05) is 18.0 Å². The Morgan fingerprint density at radius 1 is 1.27 bits per heavy atom. The quantitative estimate of drug-likeness (QED) is 0.681. The molecule has 0 radical (unpaired) electrons. The van der Waals surface area contributed by atoms with E-state index in [2.05, 4.69) is 16.9 Å².